The molecule has 0 radical (unpaired) electrons. The van der Waals surface area contributed by atoms with Crippen LogP contribution in [0.1, 0.15) is 20.8 Å². The zero-order valence-corrected chi connectivity index (χ0v) is 9.95. The van der Waals surface area contributed by atoms with Gasteiger partial charge in [-0.25, -0.2) is 0 Å². The molecule has 1 fully saturated rings. The van der Waals surface area contributed by atoms with Gasteiger partial charge in [0.05, 0.1) is 12.7 Å². The van der Waals surface area contributed by atoms with Crippen molar-refractivity contribution in [3.8, 4) is 0 Å². The number of carbonyl (C=O) groups is 1. The van der Waals surface area contributed by atoms with Crippen LogP contribution in [0.3, 0.4) is 0 Å². The highest BCUT2D eigenvalue weighted by Crippen LogP contribution is 2.07. The lowest BCUT2D eigenvalue weighted by Gasteiger charge is -2.33. The number of amides is 1. The van der Waals surface area contributed by atoms with E-state index in [1.165, 1.54) is 6.92 Å². The first-order valence-corrected chi connectivity index (χ1v) is 5.66. The third-order valence-corrected chi connectivity index (χ3v) is 2.42. The van der Waals surface area contributed by atoms with E-state index >= 15 is 0 Å². The quantitative estimate of drug-likeness (QED) is 0.740. The van der Waals surface area contributed by atoms with Crippen molar-refractivity contribution in [3.63, 3.8) is 0 Å². The van der Waals surface area contributed by atoms with Gasteiger partial charge in [-0.2, -0.15) is 0 Å². The summed E-state index contributed by atoms with van der Waals surface area (Å²) in [5.74, 6) is 0.698. The summed E-state index contributed by atoms with van der Waals surface area (Å²) in [4.78, 5) is 13.2. The predicted octanol–water partition coefficient (Wildman–Crippen LogP) is 0.479. The van der Waals surface area contributed by atoms with Crippen molar-refractivity contribution in [2.45, 2.75) is 26.9 Å². The molecule has 1 atom stereocenters. The Bertz CT molecular complexity index is 207. The fourth-order valence-electron chi connectivity index (χ4n) is 1.84. The molecule has 4 heteroatoms. The third kappa shape index (κ3) is 5.14. The Morgan fingerprint density at radius 2 is 2.33 bits per heavy atom. The van der Waals surface area contributed by atoms with Gasteiger partial charge in [0.15, 0.2) is 0 Å². The van der Waals surface area contributed by atoms with E-state index in [4.69, 9.17) is 4.74 Å². The molecular weight excluding hydrogens is 192 g/mol. The minimum atomic E-state index is 0.0135. The van der Waals surface area contributed by atoms with Crippen LogP contribution in [0.5, 0.6) is 0 Å². The van der Waals surface area contributed by atoms with Crippen LogP contribution in [0, 0.1) is 5.92 Å². The number of carbonyl (C=O) groups excluding carboxylic acids is 1. The molecular formula is C11H22N2O2. The molecule has 1 aliphatic rings. The van der Waals surface area contributed by atoms with Crippen LogP contribution in [-0.4, -0.2) is 49.7 Å². The van der Waals surface area contributed by atoms with Gasteiger partial charge in [0.25, 0.3) is 0 Å². The fraction of sp³-hybridized carbons (Fsp3) is 0.909. The molecule has 0 bridgehead atoms. The zero-order chi connectivity index (χ0) is 11.3. The molecule has 1 saturated heterocycles. The van der Waals surface area contributed by atoms with E-state index in [1.807, 2.05) is 0 Å². The van der Waals surface area contributed by atoms with E-state index in [2.05, 4.69) is 24.1 Å². The maximum atomic E-state index is 10.8. The van der Waals surface area contributed by atoms with E-state index in [-0.39, 0.29) is 12.0 Å². The summed E-state index contributed by atoms with van der Waals surface area (Å²) in [5, 5.41) is 2.80. The molecule has 1 amide bonds. The highest BCUT2D eigenvalue weighted by atomic mass is 16.5. The van der Waals surface area contributed by atoms with Crippen LogP contribution in [0.25, 0.3) is 0 Å². The standard InChI is InChI=1S/C11H22N2O2/c1-9(2)7-13-4-5-15-11(8-13)6-12-10(3)14/h9,11H,4-8H2,1-3H3,(H,12,14). The molecule has 4 nitrogen and oxygen atoms in total. The first-order valence-electron chi connectivity index (χ1n) is 5.66. The van der Waals surface area contributed by atoms with Crippen molar-refractivity contribution in [3.05, 3.63) is 0 Å². The lowest BCUT2D eigenvalue weighted by Crippen LogP contribution is -2.48. The van der Waals surface area contributed by atoms with Crippen molar-refractivity contribution in [1.29, 1.82) is 0 Å². The Hall–Kier alpha value is -0.610. The predicted molar refractivity (Wildman–Crippen MR) is 59.7 cm³/mol. The second kappa shape index (κ2) is 6.08. The Morgan fingerprint density at radius 1 is 1.60 bits per heavy atom. The second-order valence-electron chi connectivity index (χ2n) is 4.58. The molecule has 1 rings (SSSR count). The Morgan fingerprint density at radius 3 is 2.93 bits per heavy atom. The summed E-state index contributed by atoms with van der Waals surface area (Å²) in [6.07, 6.45) is 0.154. The first-order chi connectivity index (χ1) is 7.08. The van der Waals surface area contributed by atoms with Crippen LogP contribution in [-0.2, 0) is 9.53 Å². The van der Waals surface area contributed by atoms with Gasteiger partial charge in [0.1, 0.15) is 0 Å². The molecule has 1 N–H and O–H groups in total. The zero-order valence-electron chi connectivity index (χ0n) is 9.95. The highest BCUT2D eigenvalue weighted by Gasteiger charge is 2.20. The van der Waals surface area contributed by atoms with Crippen molar-refractivity contribution >= 4 is 5.91 Å². The van der Waals surface area contributed by atoms with E-state index < -0.39 is 0 Å². The number of hydrogen-bond donors (Lipinski definition) is 1. The molecule has 0 aromatic rings. The summed E-state index contributed by atoms with van der Waals surface area (Å²) in [7, 11) is 0. The average molecular weight is 214 g/mol. The fourth-order valence-corrected chi connectivity index (χ4v) is 1.84. The van der Waals surface area contributed by atoms with Crippen molar-refractivity contribution < 1.29 is 9.53 Å². The maximum absolute atomic E-state index is 10.8. The normalized spacial score (nSPS) is 23.1. The molecule has 0 saturated carbocycles. The van der Waals surface area contributed by atoms with Crippen molar-refractivity contribution in [2.75, 3.05) is 32.8 Å². The molecule has 1 heterocycles. The van der Waals surface area contributed by atoms with Crippen molar-refractivity contribution in [1.82, 2.24) is 10.2 Å². The summed E-state index contributed by atoms with van der Waals surface area (Å²) < 4.78 is 5.58. The molecule has 0 aromatic carbocycles. The van der Waals surface area contributed by atoms with Gasteiger partial charge < -0.3 is 10.1 Å². The lowest BCUT2D eigenvalue weighted by atomic mass is 10.2. The number of ether oxygens (including phenoxy) is 1. The summed E-state index contributed by atoms with van der Waals surface area (Å²) in [6, 6.07) is 0. The van der Waals surface area contributed by atoms with Gasteiger partial charge in [0, 0.05) is 33.1 Å². The average Bonchev–Trinajstić information content (AvgIpc) is 2.14. The van der Waals surface area contributed by atoms with Crippen LogP contribution >= 0.6 is 0 Å². The molecule has 15 heavy (non-hydrogen) atoms. The Kier molecular flexibility index (Phi) is 5.05. The van der Waals surface area contributed by atoms with Crippen LogP contribution in [0.15, 0.2) is 0 Å². The SMILES string of the molecule is CC(=O)NCC1CN(CC(C)C)CCO1. The molecule has 0 spiro atoms. The van der Waals surface area contributed by atoms with Gasteiger partial charge in [-0.05, 0) is 5.92 Å². The molecule has 1 unspecified atom stereocenters. The second-order valence-corrected chi connectivity index (χ2v) is 4.58. The summed E-state index contributed by atoms with van der Waals surface area (Å²) in [6.45, 7) is 10.4. The van der Waals surface area contributed by atoms with E-state index in [0.29, 0.717) is 12.5 Å². The van der Waals surface area contributed by atoms with Crippen LogP contribution in [0.4, 0.5) is 0 Å². The van der Waals surface area contributed by atoms with Gasteiger partial charge in [-0.15, -0.1) is 0 Å². The largest absolute Gasteiger partial charge is 0.374 e. The minimum Gasteiger partial charge on any atom is -0.374 e. The highest BCUT2D eigenvalue weighted by molar-refractivity contribution is 5.72. The molecule has 88 valence electrons. The van der Waals surface area contributed by atoms with Gasteiger partial charge in [-0.3, -0.25) is 9.69 Å². The number of nitrogens with zero attached hydrogens (tertiary/aromatic N) is 1. The number of hydrogen-bond acceptors (Lipinski definition) is 3. The van der Waals surface area contributed by atoms with Crippen LogP contribution < -0.4 is 5.32 Å². The molecule has 1 aliphatic heterocycles. The third-order valence-electron chi connectivity index (χ3n) is 2.42. The number of nitrogens with one attached hydrogen (secondary N) is 1. The Balaban J connectivity index is 2.25. The van der Waals surface area contributed by atoms with Gasteiger partial charge >= 0.3 is 0 Å². The van der Waals surface area contributed by atoms with E-state index in [1.54, 1.807) is 0 Å². The lowest BCUT2D eigenvalue weighted by molar-refractivity contribution is -0.120. The van der Waals surface area contributed by atoms with Crippen molar-refractivity contribution in [2.24, 2.45) is 5.92 Å². The van der Waals surface area contributed by atoms with E-state index in [0.717, 1.165) is 26.2 Å². The Labute approximate surface area is 92.0 Å². The van der Waals surface area contributed by atoms with Gasteiger partial charge in [0.2, 0.25) is 5.91 Å². The summed E-state index contributed by atoms with van der Waals surface area (Å²) >= 11 is 0. The molecule has 0 aromatic heterocycles. The number of rotatable bonds is 4. The molecule has 0 aliphatic carbocycles. The van der Waals surface area contributed by atoms with Crippen LogP contribution in [0.2, 0.25) is 0 Å². The van der Waals surface area contributed by atoms with E-state index in [9.17, 15) is 4.79 Å². The minimum absolute atomic E-state index is 0.0135. The first kappa shape index (κ1) is 12.5. The summed E-state index contributed by atoms with van der Waals surface area (Å²) in [5.41, 5.74) is 0. The smallest absolute Gasteiger partial charge is 0.216 e. The topological polar surface area (TPSA) is 41.6 Å². The van der Waals surface area contributed by atoms with Gasteiger partial charge in [-0.1, -0.05) is 13.8 Å². The maximum Gasteiger partial charge on any atom is 0.216 e. The monoisotopic (exact) mass is 214 g/mol. The number of morpholine rings is 1.